The van der Waals surface area contributed by atoms with Crippen molar-refractivity contribution in [1.29, 1.82) is 0 Å². The lowest BCUT2D eigenvalue weighted by Gasteiger charge is -2.04. The molecule has 0 aliphatic heterocycles. The van der Waals surface area contributed by atoms with Crippen molar-refractivity contribution in [3.05, 3.63) is 28.6 Å². The van der Waals surface area contributed by atoms with E-state index in [4.69, 9.17) is 4.74 Å². The summed E-state index contributed by atoms with van der Waals surface area (Å²) in [5, 5.41) is 3.45. The van der Waals surface area contributed by atoms with Gasteiger partial charge in [0.2, 0.25) is 0 Å². The van der Waals surface area contributed by atoms with Crippen LogP contribution in [0.4, 0.5) is 0 Å². The summed E-state index contributed by atoms with van der Waals surface area (Å²) < 4.78 is 6.67. The molecule has 1 aromatic heterocycles. The van der Waals surface area contributed by atoms with Gasteiger partial charge in [-0.2, -0.15) is 0 Å². The molecule has 0 bridgehead atoms. The minimum Gasteiger partial charge on any atom is -0.496 e. The average Bonchev–Trinajstić information content (AvgIpc) is 2.51. The summed E-state index contributed by atoms with van der Waals surface area (Å²) in [6.45, 7) is 4.26. The lowest BCUT2D eigenvalue weighted by atomic mass is 10.1. The summed E-state index contributed by atoms with van der Waals surface area (Å²) in [4.78, 5) is 0. The van der Waals surface area contributed by atoms with Crippen LogP contribution in [0.1, 0.15) is 11.1 Å². The van der Waals surface area contributed by atoms with Crippen molar-refractivity contribution < 1.29 is 4.74 Å². The van der Waals surface area contributed by atoms with Crippen molar-refractivity contribution in [1.82, 2.24) is 0 Å². The fourth-order valence-corrected chi connectivity index (χ4v) is 2.62. The molecule has 0 amide bonds. The first-order valence-corrected chi connectivity index (χ1v) is 5.13. The number of thiophene rings is 1. The lowest BCUT2D eigenvalue weighted by molar-refractivity contribution is 0.419. The van der Waals surface area contributed by atoms with Crippen molar-refractivity contribution in [3.63, 3.8) is 0 Å². The lowest BCUT2D eigenvalue weighted by Crippen LogP contribution is -1.85. The molecule has 0 N–H and O–H groups in total. The molecule has 0 aliphatic rings. The van der Waals surface area contributed by atoms with Gasteiger partial charge in [0.25, 0.3) is 0 Å². The molecule has 0 saturated heterocycles. The smallest absolute Gasteiger partial charge is 0.127 e. The Morgan fingerprint density at radius 1 is 1.15 bits per heavy atom. The van der Waals surface area contributed by atoms with E-state index in [1.165, 1.54) is 21.2 Å². The topological polar surface area (TPSA) is 9.23 Å². The molecule has 1 aromatic carbocycles. The van der Waals surface area contributed by atoms with Gasteiger partial charge in [-0.3, -0.25) is 0 Å². The molecule has 68 valence electrons. The standard InChI is InChI=1S/C11H12OS/c1-7-4-5-9(12-3)10-8(2)6-13-11(7)10/h4-6H,1-3H3. The molecule has 0 fully saturated rings. The summed E-state index contributed by atoms with van der Waals surface area (Å²) in [5.74, 6) is 0.986. The molecule has 2 aromatic rings. The second-order valence-corrected chi connectivity index (χ2v) is 4.09. The van der Waals surface area contributed by atoms with E-state index in [9.17, 15) is 0 Å². The van der Waals surface area contributed by atoms with Gasteiger partial charge in [-0.05, 0) is 36.4 Å². The van der Waals surface area contributed by atoms with Gasteiger partial charge in [-0.15, -0.1) is 11.3 Å². The normalized spacial score (nSPS) is 10.7. The zero-order valence-electron chi connectivity index (χ0n) is 8.05. The SMILES string of the molecule is COc1ccc(C)c2scc(C)c12. The van der Waals surface area contributed by atoms with E-state index in [0.717, 1.165) is 5.75 Å². The van der Waals surface area contributed by atoms with Crippen LogP contribution < -0.4 is 4.74 Å². The summed E-state index contributed by atoms with van der Waals surface area (Å²) in [6.07, 6.45) is 0. The average molecular weight is 192 g/mol. The highest BCUT2D eigenvalue weighted by Crippen LogP contribution is 2.35. The molecule has 0 spiro atoms. The van der Waals surface area contributed by atoms with Crippen LogP contribution in [0, 0.1) is 13.8 Å². The fraction of sp³-hybridized carbons (Fsp3) is 0.273. The third kappa shape index (κ3) is 1.22. The van der Waals surface area contributed by atoms with Crippen LogP contribution >= 0.6 is 11.3 Å². The van der Waals surface area contributed by atoms with E-state index in [1.54, 1.807) is 18.4 Å². The van der Waals surface area contributed by atoms with Gasteiger partial charge in [0.05, 0.1) is 7.11 Å². The largest absolute Gasteiger partial charge is 0.496 e. The number of rotatable bonds is 1. The summed E-state index contributed by atoms with van der Waals surface area (Å²) in [5.41, 5.74) is 2.63. The Morgan fingerprint density at radius 2 is 1.92 bits per heavy atom. The Bertz CT molecular complexity index is 443. The van der Waals surface area contributed by atoms with Gasteiger partial charge in [-0.25, -0.2) is 0 Å². The van der Waals surface area contributed by atoms with E-state index in [2.05, 4.69) is 25.3 Å². The third-order valence-electron chi connectivity index (χ3n) is 2.28. The Hall–Kier alpha value is -1.02. The van der Waals surface area contributed by atoms with Crippen LogP contribution in [0.25, 0.3) is 10.1 Å². The molecule has 0 saturated carbocycles. The number of aryl methyl sites for hydroxylation is 2. The zero-order valence-corrected chi connectivity index (χ0v) is 8.87. The predicted molar refractivity (Wildman–Crippen MR) is 57.9 cm³/mol. The van der Waals surface area contributed by atoms with E-state index in [1.807, 2.05) is 6.07 Å². The molecule has 0 unspecified atom stereocenters. The first-order chi connectivity index (χ1) is 6.24. The van der Waals surface area contributed by atoms with Crippen molar-refractivity contribution in [3.8, 4) is 5.75 Å². The summed E-state index contributed by atoms with van der Waals surface area (Å²) in [6, 6.07) is 4.15. The molecule has 1 nitrogen and oxygen atoms in total. The van der Waals surface area contributed by atoms with Crippen molar-refractivity contribution >= 4 is 21.4 Å². The fourth-order valence-electron chi connectivity index (χ4n) is 1.57. The van der Waals surface area contributed by atoms with E-state index in [0.29, 0.717) is 0 Å². The van der Waals surface area contributed by atoms with Gasteiger partial charge in [-0.1, -0.05) is 6.07 Å². The van der Waals surface area contributed by atoms with Gasteiger partial charge in [0.15, 0.2) is 0 Å². The van der Waals surface area contributed by atoms with Gasteiger partial charge in [0, 0.05) is 10.1 Å². The minimum absolute atomic E-state index is 0.986. The first kappa shape index (κ1) is 8.57. The van der Waals surface area contributed by atoms with Crippen LogP contribution in [0.5, 0.6) is 5.75 Å². The molecule has 2 rings (SSSR count). The Labute approximate surface area is 82.0 Å². The van der Waals surface area contributed by atoms with Gasteiger partial charge in [0.1, 0.15) is 5.75 Å². The Morgan fingerprint density at radius 3 is 2.62 bits per heavy atom. The van der Waals surface area contributed by atoms with Crippen molar-refractivity contribution in [2.24, 2.45) is 0 Å². The Kier molecular flexibility index (Phi) is 2.00. The predicted octanol–water partition coefficient (Wildman–Crippen LogP) is 3.53. The van der Waals surface area contributed by atoms with Crippen molar-refractivity contribution in [2.45, 2.75) is 13.8 Å². The van der Waals surface area contributed by atoms with Crippen LogP contribution in [0.15, 0.2) is 17.5 Å². The van der Waals surface area contributed by atoms with E-state index in [-0.39, 0.29) is 0 Å². The highest BCUT2D eigenvalue weighted by molar-refractivity contribution is 7.17. The zero-order chi connectivity index (χ0) is 9.42. The van der Waals surface area contributed by atoms with Crippen LogP contribution in [-0.4, -0.2) is 7.11 Å². The molecular formula is C11H12OS. The number of hydrogen-bond donors (Lipinski definition) is 0. The highest BCUT2D eigenvalue weighted by Gasteiger charge is 2.07. The quantitative estimate of drug-likeness (QED) is 0.671. The highest BCUT2D eigenvalue weighted by atomic mass is 32.1. The van der Waals surface area contributed by atoms with E-state index < -0.39 is 0 Å². The number of benzene rings is 1. The molecule has 2 heteroatoms. The molecule has 0 atom stereocenters. The monoisotopic (exact) mass is 192 g/mol. The molecule has 0 aliphatic carbocycles. The third-order valence-corrected chi connectivity index (χ3v) is 3.52. The van der Waals surface area contributed by atoms with Gasteiger partial charge >= 0.3 is 0 Å². The van der Waals surface area contributed by atoms with E-state index >= 15 is 0 Å². The summed E-state index contributed by atoms with van der Waals surface area (Å²) >= 11 is 1.79. The first-order valence-electron chi connectivity index (χ1n) is 4.25. The Balaban J connectivity index is 2.88. The van der Waals surface area contributed by atoms with Crippen LogP contribution in [0.3, 0.4) is 0 Å². The number of hydrogen-bond acceptors (Lipinski definition) is 2. The minimum atomic E-state index is 0.986. The number of ether oxygens (including phenoxy) is 1. The van der Waals surface area contributed by atoms with Crippen LogP contribution in [0.2, 0.25) is 0 Å². The maximum absolute atomic E-state index is 5.33. The second kappa shape index (κ2) is 3.04. The summed E-state index contributed by atoms with van der Waals surface area (Å²) in [7, 11) is 1.72. The number of methoxy groups -OCH3 is 1. The molecule has 13 heavy (non-hydrogen) atoms. The maximum atomic E-state index is 5.33. The second-order valence-electron chi connectivity index (χ2n) is 3.21. The molecule has 1 heterocycles. The molecule has 0 radical (unpaired) electrons. The van der Waals surface area contributed by atoms with Crippen molar-refractivity contribution in [2.75, 3.05) is 7.11 Å². The molecular weight excluding hydrogens is 180 g/mol. The maximum Gasteiger partial charge on any atom is 0.127 e. The number of fused-ring (bicyclic) bond motifs is 1. The van der Waals surface area contributed by atoms with Crippen LogP contribution in [-0.2, 0) is 0 Å². The van der Waals surface area contributed by atoms with Gasteiger partial charge < -0.3 is 4.74 Å².